The summed E-state index contributed by atoms with van der Waals surface area (Å²) in [5, 5.41) is 0. The molecule has 0 aromatic heterocycles. The van der Waals surface area contributed by atoms with Gasteiger partial charge in [0.1, 0.15) is 0 Å². The van der Waals surface area contributed by atoms with Gasteiger partial charge >= 0.3 is 16.3 Å². The van der Waals surface area contributed by atoms with Crippen LogP contribution in [0.5, 0.6) is 0 Å². The van der Waals surface area contributed by atoms with Gasteiger partial charge in [-0.2, -0.15) is 0 Å². The molecule has 0 saturated heterocycles. The molecule has 106 valence electrons. The summed E-state index contributed by atoms with van der Waals surface area (Å²) in [5.74, 6) is 0. The Morgan fingerprint density at radius 1 is 1.05 bits per heavy atom. The third kappa shape index (κ3) is 5.94. The fourth-order valence-corrected chi connectivity index (χ4v) is 3.49. The Balaban J connectivity index is 2.69. The Hall–Kier alpha value is -0.570. The second-order valence-corrected chi connectivity index (χ2v) is 6.23. The summed E-state index contributed by atoms with van der Waals surface area (Å²) in [6.45, 7) is 4.56. The second kappa shape index (κ2) is 8.57. The standard InChI is InChI=1S/C12H18O5P2/c1-3-16-19(14,17-4-2)10-12-7-5-11(6-8-12)9-15-18-13/h5-8H,3-4,9-10H2,1-2H3. The van der Waals surface area contributed by atoms with E-state index in [2.05, 4.69) is 0 Å². The Kier molecular flexibility index (Phi) is 7.44. The summed E-state index contributed by atoms with van der Waals surface area (Å²) in [6, 6.07) is 7.35. The van der Waals surface area contributed by atoms with Crippen LogP contribution in [0.4, 0.5) is 0 Å². The molecule has 0 spiro atoms. The summed E-state index contributed by atoms with van der Waals surface area (Å²) in [5.41, 5.74) is 1.77. The Morgan fingerprint density at radius 2 is 1.58 bits per heavy atom. The predicted molar refractivity (Wildman–Crippen MR) is 73.4 cm³/mol. The normalized spacial score (nSPS) is 11.9. The van der Waals surface area contributed by atoms with Gasteiger partial charge in [-0.1, -0.05) is 24.3 Å². The van der Waals surface area contributed by atoms with E-state index in [9.17, 15) is 9.13 Å². The Labute approximate surface area is 115 Å². The summed E-state index contributed by atoms with van der Waals surface area (Å²) in [4.78, 5) is 0. The molecule has 0 aliphatic rings. The van der Waals surface area contributed by atoms with Crippen molar-refractivity contribution in [3.63, 3.8) is 0 Å². The van der Waals surface area contributed by atoms with Crippen LogP contribution in [0.3, 0.4) is 0 Å². The molecule has 5 nitrogen and oxygen atoms in total. The van der Waals surface area contributed by atoms with Crippen LogP contribution >= 0.6 is 16.3 Å². The van der Waals surface area contributed by atoms with Crippen molar-refractivity contribution in [1.29, 1.82) is 0 Å². The first-order valence-corrected chi connectivity index (χ1v) is 8.50. The van der Waals surface area contributed by atoms with E-state index in [1.807, 2.05) is 24.3 Å². The molecule has 19 heavy (non-hydrogen) atoms. The van der Waals surface area contributed by atoms with Gasteiger partial charge in [0.2, 0.25) is 0 Å². The van der Waals surface area contributed by atoms with E-state index in [0.717, 1.165) is 11.1 Å². The fraction of sp³-hybridized carbons (Fsp3) is 0.500. The van der Waals surface area contributed by atoms with Gasteiger partial charge in [0, 0.05) is 0 Å². The molecule has 1 aromatic rings. The molecule has 0 atom stereocenters. The highest BCUT2D eigenvalue weighted by molar-refractivity contribution is 7.53. The van der Waals surface area contributed by atoms with Gasteiger partial charge in [-0.3, -0.25) is 9.09 Å². The Morgan fingerprint density at radius 3 is 2.05 bits per heavy atom. The minimum Gasteiger partial charge on any atom is -0.309 e. The number of rotatable bonds is 9. The molecule has 0 aliphatic carbocycles. The minimum absolute atomic E-state index is 0.246. The van der Waals surface area contributed by atoms with Gasteiger partial charge in [-0.15, -0.1) is 0 Å². The average Bonchev–Trinajstić information content (AvgIpc) is 2.38. The van der Waals surface area contributed by atoms with Crippen LogP contribution in [0.15, 0.2) is 24.3 Å². The van der Waals surface area contributed by atoms with Crippen LogP contribution in [-0.4, -0.2) is 13.2 Å². The van der Waals surface area contributed by atoms with Gasteiger partial charge in [0.15, 0.2) is 0 Å². The molecule has 1 rings (SSSR count). The van der Waals surface area contributed by atoms with Crippen molar-refractivity contribution < 1.29 is 22.7 Å². The van der Waals surface area contributed by atoms with Crippen LogP contribution < -0.4 is 0 Å². The van der Waals surface area contributed by atoms with Crippen molar-refractivity contribution in [2.45, 2.75) is 26.6 Å². The number of benzene rings is 1. The fourth-order valence-electron chi connectivity index (χ4n) is 1.59. The lowest BCUT2D eigenvalue weighted by molar-refractivity contribution is 0.219. The van der Waals surface area contributed by atoms with E-state index in [0.29, 0.717) is 13.2 Å². The average molecular weight is 304 g/mol. The van der Waals surface area contributed by atoms with E-state index in [4.69, 9.17) is 13.6 Å². The Bertz CT molecular complexity index is 422. The van der Waals surface area contributed by atoms with E-state index in [-0.39, 0.29) is 21.5 Å². The molecular formula is C12H18O5P2. The summed E-state index contributed by atoms with van der Waals surface area (Å²) in [7, 11) is -3.40. The van der Waals surface area contributed by atoms with Crippen LogP contribution in [0.2, 0.25) is 0 Å². The highest BCUT2D eigenvalue weighted by Crippen LogP contribution is 2.51. The maximum atomic E-state index is 12.3. The van der Waals surface area contributed by atoms with Gasteiger partial charge in [0.05, 0.1) is 26.0 Å². The highest BCUT2D eigenvalue weighted by atomic mass is 31.2. The zero-order valence-electron chi connectivity index (χ0n) is 11.1. The van der Waals surface area contributed by atoms with Crippen LogP contribution in [0.25, 0.3) is 0 Å². The van der Waals surface area contributed by atoms with Crippen molar-refractivity contribution in [3.8, 4) is 0 Å². The number of hydrogen-bond donors (Lipinski definition) is 0. The van der Waals surface area contributed by atoms with E-state index >= 15 is 0 Å². The van der Waals surface area contributed by atoms with Gasteiger partial charge in [-0.05, 0) is 25.0 Å². The molecule has 7 heteroatoms. The molecule has 0 radical (unpaired) electrons. The monoisotopic (exact) mass is 304 g/mol. The van der Waals surface area contributed by atoms with Crippen LogP contribution in [0, 0.1) is 0 Å². The van der Waals surface area contributed by atoms with Crippen molar-refractivity contribution in [3.05, 3.63) is 35.4 Å². The summed E-state index contributed by atoms with van der Waals surface area (Å²) < 4.78 is 37.7. The smallest absolute Gasteiger partial charge is 0.309 e. The first-order valence-electron chi connectivity index (χ1n) is 6.04. The zero-order valence-corrected chi connectivity index (χ0v) is 12.9. The maximum absolute atomic E-state index is 12.3. The molecule has 1 aromatic carbocycles. The lowest BCUT2D eigenvalue weighted by Crippen LogP contribution is -1.99. The molecule has 0 saturated carbocycles. The molecular weight excluding hydrogens is 286 g/mol. The second-order valence-electron chi connectivity index (χ2n) is 3.77. The minimum atomic E-state index is -3.06. The highest BCUT2D eigenvalue weighted by Gasteiger charge is 2.23. The lowest BCUT2D eigenvalue weighted by atomic mass is 10.2. The molecule has 0 bridgehead atoms. The van der Waals surface area contributed by atoms with E-state index < -0.39 is 7.60 Å². The maximum Gasteiger partial charge on any atom is 0.335 e. The van der Waals surface area contributed by atoms with Crippen molar-refractivity contribution in [2.75, 3.05) is 13.2 Å². The van der Waals surface area contributed by atoms with Crippen molar-refractivity contribution in [1.82, 2.24) is 0 Å². The molecule has 0 amide bonds. The van der Waals surface area contributed by atoms with Crippen molar-refractivity contribution in [2.24, 2.45) is 0 Å². The molecule has 0 unspecified atom stereocenters. The quantitative estimate of drug-likeness (QED) is 0.640. The molecule has 0 fully saturated rings. The van der Waals surface area contributed by atoms with Gasteiger partial charge in [-0.25, -0.2) is 4.57 Å². The molecule has 0 heterocycles. The van der Waals surface area contributed by atoms with Crippen molar-refractivity contribution >= 4 is 16.3 Å². The topological polar surface area (TPSA) is 61.8 Å². The van der Waals surface area contributed by atoms with Crippen LogP contribution in [-0.2, 0) is 35.5 Å². The molecule has 0 N–H and O–H groups in total. The largest absolute Gasteiger partial charge is 0.335 e. The first-order chi connectivity index (χ1) is 9.13. The third-order valence-corrected chi connectivity index (χ3v) is 4.62. The summed E-state index contributed by atoms with van der Waals surface area (Å²) in [6.07, 6.45) is 0.246. The third-order valence-electron chi connectivity index (χ3n) is 2.33. The first kappa shape index (κ1) is 16.5. The van der Waals surface area contributed by atoms with Gasteiger partial charge < -0.3 is 9.05 Å². The van der Waals surface area contributed by atoms with E-state index in [1.54, 1.807) is 13.8 Å². The predicted octanol–water partition coefficient (Wildman–Crippen LogP) is 4.18. The zero-order chi connectivity index (χ0) is 14.1. The van der Waals surface area contributed by atoms with Gasteiger partial charge in [0.25, 0.3) is 0 Å². The SMILES string of the molecule is CCOP(=O)(Cc1ccc(COP=O)cc1)OCC. The summed E-state index contributed by atoms with van der Waals surface area (Å²) >= 11 is 0. The van der Waals surface area contributed by atoms with E-state index in [1.165, 1.54) is 0 Å². The number of hydrogen-bond acceptors (Lipinski definition) is 5. The lowest BCUT2D eigenvalue weighted by Gasteiger charge is -2.17. The molecule has 0 aliphatic heterocycles. The van der Waals surface area contributed by atoms with Crippen LogP contribution in [0.1, 0.15) is 25.0 Å².